The number of ether oxygens (including phenoxy) is 3. The Morgan fingerprint density at radius 3 is 2.48 bits per heavy atom. The molecule has 0 saturated carbocycles. The molecule has 0 atom stereocenters. The first kappa shape index (κ1) is 28.7. The van der Waals surface area contributed by atoms with Gasteiger partial charge in [-0.15, -0.1) is 0 Å². The Bertz CT molecular complexity index is 1800. The second-order valence-electron chi connectivity index (χ2n) is 10.3. The van der Waals surface area contributed by atoms with Gasteiger partial charge in [0.15, 0.2) is 16.9 Å². The van der Waals surface area contributed by atoms with E-state index in [-0.39, 0.29) is 11.3 Å². The Labute approximate surface area is 244 Å². The van der Waals surface area contributed by atoms with Crippen LogP contribution < -0.4 is 25.0 Å². The summed E-state index contributed by atoms with van der Waals surface area (Å²) < 4.78 is 16.7. The molecule has 8 heteroatoms. The quantitative estimate of drug-likeness (QED) is 0.147. The van der Waals surface area contributed by atoms with Crippen LogP contribution >= 0.6 is 0 Å². The van der Waals surface area contributed by atoms with Crippen LogP contribution in [0.2, 0.25) is 0 Å². The number of H-pyrrole nitrogens is 1. The summed E-state index contributed by atoms with van der Waals surface area (Å²) in [6, 6.07) is 24.1. The minimum absolute atomic E-state index is 0.0983. The lowest BCUT2D eigenvalue weighted by atomic mass is 10.1. The fourth-order valence-electron chi connectivity index (χ4n) is 5.09. The number of fused-ring (bicyclic) bond motifs is 2. The van der Waals surface area contributed by atoms with E-state index in [0.717, 1.165) is 47.9 Å². The molecule has 42 heavy (non-hydrogen) atoms. The van der Waals surface area contributed by atoms with E-state index in [1.165, 1.54) is 0 Å². The summed E-state index contributed by atoms with van der Waals surface area (Å²) in [7, 11) is 5.35. The minimum Gasteiger partial charge on any atom is -0.494 e. The highest BCUT2D eigenvalue weighted by Gasteiger charge is 2.15. The van der Waals surface area contributed by atoms with Gasteiger partial charge in [-0.05, 0) is 86.1 Å². The van der Waals surface area contributed by atoms with Crippen LogP contribution in [0.25, 0.3) is 21.8 Å². The number of pyridine rings is 1. The zero-order valence-corrected chi connectivity index (χ0v) is 24.3. The lowest BCUT2D eigenvalue weighted by Gasteiger charge is -2.18. The Morgan fingerprint density at radius 1 is 0.905 bits per heavy atom. The number of hydrogen-bond donors (Lipinski definition) is 2. The van der Waals surface area contributed by atoms with Gasteiger partial charge >= 0.3 is 0 Å². The number of nitrogens with one attached hydrogen (secondary N) is 2. The molecule has 0 aliphatic heterocycles. The number of para-hydroxylation sites is 2. The van der Waals surface area contributed by atoms with Crippen LogP contribution in [0, 0.1) is 6.92 Å². The molecule has 4 aromatic carbocycles. The SMILES string of the molecule is COc1ccc(CN(C)CCCOc2ccc(NC(=O)c3cccc4c(=O)c5ccccc5[nH]c34)c(C)c2)cc1OC. The molecule has 0 bridgehead atoms. The highest BCUT2D eigenvalue weighted by atomic mass is 16.5. The van der Waals surface area contributed by atoms with Gasteiger partial charge in [0.05, 0.1) is 31.9 Å². The molecular weight excluding hydrogens is 530 g/mol. The number of carbonyl (C=O) groups excluding carboxylic acids is 1. The predicted octanol–water partition coefficient (Wildman–Crippen LogP) is 6.16. The fraction of sp³-hybridized carbons (Fsp3) is 0.235. The van der Waals surface area contributed by atoms with Crippen molar-refractivity contribution in [2.75, 3.05) is 39.7 Å². The van der Waals surface area contributed by atoms with E-state index in [0.29, 0.717) is 39.7 Å². The summed E-state index contributed by atoms with van der Waals surface area (Å²) in [5.74, 6) is 1.90. The van der Waals surface area contributed by atoms with Gasteiger partial charge in [-0.3, -0.25) is 9.59 Å². The molecule has 0 aliphatic rings. The molecular formula is C34H35N3O5. The van der Waals surface area contributed by atoms with E-state index in [2.05, 4.69) is 22.2 Å². The van der Waals surface area contributed by atoms with Crippen molar-refractivity contribution >= 4 is 33.4 Å². The van der Waals surface area contributed by atoms with Gasteiger partial charge in [0.25, 0.3) is 5.91 Å². The van der Waals surface area contributed by atoms with E-state index in [1.54, 1.807) is 38.5 Å². The maximum Gasteiger partial charge on any atom is 0.257 e. The van der Waals surface area contributed by atoms with Crippen LogP contribution in [0.5, 0.6) is 17.2 Å². The molecule has 5 aromatic rings. The molecule has 1 aromatic heterocycles. The largest absolute Gasteiger partial charge is 0.494 e. The molecule has 1 heterocycles. The molecule has 5 rings (SSSR count). The van der Waals surface area contributed by atoms with Crippen molar-refractivity contribution in [3.05, 3.63) is 106 Å². The summed E-state index contributed by atoms with van der Waals surface area (Å²) in [5, 5.41) is 4.07. The molecule has 0 spiro atoms. The lowest BCUT2D eigenvalue weighted by Crippen LogP contribution is -2.20. The van der Waals surface area contributed by atoms with Crippen molar-refractivity contribution in [3.63, 3.8) is 0 Å². The average molecular weight is 566 g/mol. The fourth-order valence-corrected chi connectivity index (χ4v) is 5.09. The van der Waals surface area contributed by atoms with E-state index in [9.17, 15) is 9.59 Å². The Hall–Kier alpha value is -4.82. The third-order valence-electron chi connectivity index (χ3n) is 7.28. The van der Waals surface area contributed by atoms with Crippen molar-refractivity contribution < 1.29 is 19.0 Å². The third-order valence-corrected chi connectivity index (χ3v) is 7.28. The maximum absolute atomic E-state index is 13.3. The summed E-state index contributed by atoms with van der Waals surface area (Å²) in [6.07, 6.45) is 0.856. The van der Waals surface area contributed by atoms with Gasteiger partial charge in [-0.2, -0.15) is 0 Å². The second-order valence-corrected chi connectivity index (χ2v) is 10.3. The van der Waals surface area contributed by atoms with Crippen molar-refractivity contribution in [1.29, 1.82) is 0 Å². The number of aromatic nitrogens is 1. The van der Waals surface area contributed by atoms with Crippen molar-refractivity contribution in [2.45, 2.75) is 19.9 Å². The van der Waals surface area contributed by atoms with Crippen LogP contribution in [-0.4, -0.2) is 50.2 Å². The van der Waals surface area contributed by atoms with Crippen molar-refractivity contribution in [3.8, 4) is 17.2 Å². The molecule has 0 aliphatic carbocycles. The topological polar surface area (TPSA) is 92.9 Å². The first-order valence-electron chi connectivity index (χ1n) is 13.9. The van der Waals surface area contributed by atoms with Crippen molar-refractivity contribution in [1.82, 2.24) is 9.88 Å². The summed E-state index contributed by atoms with van der Waals surface area (Å²) in [5.41, 5.74) is 4.24. The van der Waals surface area contributed by atoms with Gasteiger partial charge in [0.1, 0.15) is 5.75 Å². The van der Waals surface area contributed by atoms with E-state index < -0.39 is 0 Å². The molecule has 0 unspecified atom stereocenters. The molecule has 216 valence electrons. The number of methoxy groups -OCH3 is 2. The standard InChI is InChI=1S/C34H35N3O5/c1-22-19-24(42-18-8-17-37(2)21-23-13-16-30(40-3)31(20-23)41-4)14-15-28(22)36-34(39)27-11-7-10-26-32(27)35-29-12-6-5-9-25(29)33(26)38/h5-7,9-16,19-20H,8,17-18,21H2,1-4H3,(H,35,38)(H,36,39). The van der Waals surface area contributed by atoms with E-state index in [1.807, 2.05) is 61.5 Å². The number of aromatic amines is 1. The molecule has 8 nitrogen and oxygen atoms in total. The number of amides is 1. The summed E-state index contributed by atoms with van der Waals surface area (Å²) in [6.45, 7) is 4.15. The maximum atomic E-state index is 13.3. The van der Waals surface area contributed by atoms with Crippen molar-refractivity contribution in [2.24, 2.45) is 0 Å². The first-order valence-corrected chi connectivity index (χ1v) is 13.9. The number of aryl methyl sites for hydroxylation is 1. The zero-order chi connectivity index (χ0) is 29.6. The summed E-state index contributed by atoms with van der Waals surface area (Å²) in [4.78, 5) is 31.8. The number of hydrogen-bond acceptors (Lipinski definition) is 6. The number of anilines is 1. The molecule has 1 amide bonds. The minimum atomic E-state index is -0.291. The third kappa shape index (κ3) is 6.24. The van der Waals surface area contributed by atoms with Gasteiger partial charge in [0, 0.05) is 35.1 Å². The number of nitrogens with zero attached hydrogens (tertiary/aromatic N) is 1. The van der Waals surface area contributed by atoms with Crippen LogP contribution in [-0.2, 0) is 6.54 Å². The predicted molar refractivity (Wildman–Crippen MR) is 167 cm³/mol. The number of benzene rings is 4. The van der Waals surface area contributed by atoms with Crippen LogP contribution in [0.1, 0.15) is 27.9 Å². The highest BCUT2D eigenvalue weighted by molar-refractivity contribution is 6.13. The lowest BCUT2D eigenvalue weighted by molar-refractivity contribution is 0.102. The van der Waals surface area contributed by atoms with Gasteiger partial charge in [0.2, 0.25) is 0 Å². The monoisotopic (exact) mass is 565 g/mol. The number of rotatable bonds is 11. The highest BCUT2D eigenvalue weighted by Crippen LogP contribution is 2.28. The van der Waals surface area contributed by atoms with Gasteiger partial charge in [-0.1, -0.05) is 24.3 Å². The molecule has 0 saturated heterocycles. The van der Waals surface area contributed by atoms with Crippen LogP contribution in [0.15, 0.2) is 83.7 Å². The van der Waals surface area contributed by atoms with Crippen LogP contribution in [0.4, 0.5) is 5.69 Å². The first-order chi connectivity index (χ1) is 20.4. The Morgan fingerprint density at radius 2 is 1.69 bits per heavy atom. The Kier molecular flexibility index (Phi) is 8.74. The molecule has 0 radical (unpaired) electrons. The zero-order valence-electron chi connectivity index (χ0n) is 24.3. The van der Waals surface area contributed by atoms with Gasteiger partial charge in [-0.25, -0.2) is 0 Å². The molecule has 2 N–H and O–H groups in total. The van der Waals surface area contributed by atoms with E-state index >= 15 is 0 Å². The second kappa shape index (κ2) is 12.8. The molecule has 0 fully saturated rings. The number of carbonyl (C=O) groups is 1. The smallest absolute Gasteiger partial charge is 0.257 e. The Balaban J connectivity index is 1.18. The van der Waals surface area contributed by atoms with E-state index in [4.69, 9.17) is 14.2 Å². The van der Waals surface area contributed by atoms with Gasteiger partial charge < -0.3 is 29.4 Å². The normalized spacial score (nSPS) is 11.2. The summed E-state index contributed by atoms with van der Waals surface area (Å²) >= 11 is 0. The van der Waals surface area contributed by atoms with Crippen LogP contribution in [0.3, 0.4) is 0 Å². The average Bonchev–Trinajstić information content (AvgIpc) is 3.00.